The summed E-state index contributed by atoms with van der Waals surface area (Å²) in [7, 11) is 0. The molecule has 1 heterocycles. The molecule has 0 unspecified atom stereocenters. The molecule has 1 amide bonds. The van der Waals surface area contributed by atoms with E-state index in [0.29, 0.717) is 6.61 Å². The molecule has 0 aliphatic heterocycles. The van der Waals surface area contributed by atoms with Gasteiger partial charge < -0.3 is 10.1 Å². The Bertz CT molecular complexity index is 963. The number of anilines is 1. The van der Waals surface area contributed by atoms with Gasteiger partial charge >= 0.3 is 0 Å². The zero-order chi connectivity index (χ0) is 19.4. The smallest absolute Gasteiger partial charge is 0.230 e. The van der Waals surface area contributed by atoms with Crippen molar-refractivity contribution in [2.45, 2.75) is 40.7 Å². The van der Waals surface area contributed by atoms with E-state index >= 15 is 0 Å². The average Bonchev–Trinajstić information content (AvgIpc) is 3.05. The van der Waals surface area contributed by atoms with Gasteiger partial charge in [0.15, 0.2) is 0 Å². The number of rotatable bonds is 6. The molecule has 2 aromatic carbocycles. The standard InChI is InChI=1S/C22H24N2O2S/c1-14-6-8-19(17(4)9-14)24-21(25)11-18-13-27-22(23-18)12-26-20-10-15(2)5-7-16(20)3/h5-10,13H,11-12H2,1-4H3,(H,24,25). The van der Waals surface area contributed by atoms with E-state index in [4.69, 9.17) is 4.74 Å². The van der Waals surface area contributed by atoms with E-state index in [-0.39, 0.29) is 12.3 Å². The van der Waals surface area contributed by atoms with Crippen molar-refractivity contribution in [1.29, 1.82) is 0 Å². The van der Waals surface area contributed by atoms with Crippen LogP contribution in [0.25, 0.3) is 0 Å². The second-order valence-corrected chi connectivity index (χ2v) is 7.78. The minimum absolute atomic E-state index is 0.0609. The van der Waals surface area contributed by atoms with Crippen molar-refractivity contribution in [3.05, 3.63) is 74.7 Å². The maximum absolute atomic E-state index is 12.3. The maximum atomic E-state index is 12.3. The highest BCUT2D eigenvalue weighted by molar-refractivity contribution is 7.09. The lowest BCUT2D eigenvalue weighted by Gasteiger charge is -2.09. The highest BCUT2D eigenvalue weighted by Crippen LogP contribution is 2.22. The molecule has 1 N–H and O–H groups in total. The van der Waals surface area contributed by atoms with Gasteiger partial charge in [-0.1, -0.05) is 29.8 Å². The Morgan fingerprint density at radius 1 is 1.04 bits per heavy atom. The first-order valence-electron chi connectivity index (χ1n) is 8.91. The molecule has 3 rings (SSSR count). The molecule has 1 aromatic heterocycles. The predicted octanol–water partition coefficient (Wildman–Crippen LogP) is 5.14. The van der Waals surface area contributed by atoms with Gasteiger partial charge in [0.1, 0.15) is 17.4 Å². The Labute approximate surface area is 164 Å². The van der Waals surface area contributed by atoms with Gasteiger partial charge in [0.2, 0.25) is 5.91 Å². The number of hydrogen-bond acceptors (Lipinski definition) is 4. The predicted molar refractivity (Wildman–Crippen MR) is 111 cm³/mol. The molecule has 0 saturated heterocycles. The second-order valence-electron chi connectivity index (χ2n) is 6.83. The normalized spacial score (nSPS) is 10.7. The lowest BCUT2D eigenvalue weighted by molar-refractivity contribution is -0.115. The minimum Gasteiger partial charge on any atom is -0.486 e. The quantitative estimate of drug-likeness (QED) is 0.644. The first kappa shape index (κ1) is 19.1. The number of aromatic nitrogens is 1. The number of nitrogens with one attached hydrogen (secondary N) is 1. The summed E-state index contributed by atoms with van der Waals surface area (Å²) in [6.07, 6.45) is 0.257. The molecule has 4 nitrogen and oxygen atoms in total. The number of amides is 1. The van der Waals surface area contributed by atoms with Crippen LogP contribution in [0.2, 0.25) is 0 Å². The number of carbonyl (C=O) groups is 1. The molecule has 140 valence electrons. The monoisotopic (exact) mass is 380 g/mol. The van der Waals surface area contributed by atoms with Crippen LogP contribution in [-0.4, -0.2) is 10.9 Å². The van der Waals surface area contributed by atoms with Crippen molar-refractivity contribution in [3.63, 3.8) is 0 Å². The van der Waals surface area contributed by atoms with E-state index in [1.807, 2.05) is 51.3 Å². The Hall–Kier alpha value is -2.66. The van der Waals surface area contributed by atoms with Crippen LogP contribution in [0, 0.1) is 27.7 Å². The topological polar surface area (TPSA) is 51.2 Å². The summed E-state index contributed by atoms with van der Waals surface area (Å²) < 4.78 is 5.89. The number of carbonyl (C=O) groups excluding carboxylic acids is 1. The van der Waals surface area contributed by atoms with Crippen LogP contribution < -0.4 is 10.1 Å². The Morgan fingerprint density at radius 2 is 1.78 bits per heavy atom. The van der Waals surface area contributed by atoms with Crippen LogP contribution in [0.3, 0.4) is 0 Å². The summed E-state index contributed by atoms with van der Waals surface area (Å²) in [4.78, 5) is 16.8. The van der Waals surface area contributed by atoms with Gasteiger partial charge in [-0.3, -0.25) is 4.79 Å². The van der Waals surface area contributed by atoms with Gasteiger partial charge in [-0.15, -0.1) is 11.3 Å². The summed E-state index contributed by atoms with van der Waals surface area (Å²) in [5, 5.41) is 5.75. The summed E-state index contributed by atoms with van der Waals surface area (Å²) in [6, 6.07) is 12.1. The largest absolute Gasteiger partial charge is 0.486 e. The van der Waals surface area contributed by atoms with Crippen LogP contribution in [-0.2, 0) is 17.8 Å². The van der Waals surface area contributed by atoms with E-state index in [1.165, 1.54) is 22.5 Å². The zero-order valence-electron chi connectivity index (χ0n) is 16.1. The van der Waals surface area contributed by atoms with E-state index in [2.05, 4.69) is 28.5 Å². The number of hydrogen-bond donors (Lipinski definition) is 1. The second kappa shape index (κ2) is 8.35. The lowest BCUT2D eigenvalue weighted by atomic mass is 10.1. The van der Waals surface area contributed by atoms with Gasteiger partial charge in [0.25, 0.3) is 0 Å². The first-order valence-corrected chi connectivity index (χ1v) is 9.79. The van der Waals surface area contributed by atoms with Crippen LogP contribution in [0.5, 0.6) is 5.75 Å². The number of benzene rings is 2. The Balaban J connectivity index is 1.57. The van der Waals surface area contributed by atoms with E-state index in [9.17, 15) is 4.79 Å². The Morgan fingerprint density at radius 3 is 2.56 bits per heavy atom. The third-order valence-electron chi connectivity index (χ3n) is 4.29. The lowest BCUT2D eigenvalue weighted by Crippen LogP contribution is -2.15. The minimum atomic E-state index is -0.0609. The fourth-order valence-corrected chi connectivity index (χ4v) is 3.52. The highest BCUT2D eigenvalue weighted by Gasteiger charge is 2.10. The first-order chi connectivity index (χ1) is 12.9. The fourth-order valence-electron chi connectivity index (χ4n) is 2.81. The van der Waals surface area contributed by atoms with Gasteiger partial charge in [-0.05, 0) is 56.5 Å². The molecular formula is C22H24N2O2S. The highest BCUT2D eigenvalue weighted by atomic mass is 32.1. The number of nitrogens with zero attached hydrogens (tertiary/aromatic N) is 1. The molecule has 0 bridgehead atoms. The Kier molecular flexibility index (Phi) is 5.91. The van der Waals surface area contributed by atoms with E-state index < -0.39 is 0 Å². The molecular weight excluding hydrogens is 356 g/mol. The molecule has 0 aliphatic rings. The van der Waals surface area contributed by atoms with Gasteiger partial charge in [-0.2, -0.15) is 0 Å². The SMILES string of the molecule is Cc1ccc(NC(=O)Cc2csc(COc3cc(C)ccc3C)n2)c(C)c1. The van der Waals surface area contributed by atoms with Crippen LogP contribution in [0.4, 0.5) is 5.69 Å². The third-order valence-corrected chi connectivity index (χ3v) is 5.16. The molecule has 0 atom stereocenters. The van der Waals surface area contributed by atoms with Crippen molar-refractivity contribution in [3.8, 4) is 5.75 Å². The van der Waals surface area contributed by atoms with Crippen molar-refractivity contribution in [2.24, 2.45) is 0 Å². The summed E-state index contributed by atoms with van der Waals surface area (Å²) in [5.41, 5.74) is 6.12. The molecule has 27 heavy (non-hydrogen) atoms. The molecule has 3 aromatic rings. The van der Waals surface area contributed by atoms with E-state index in [1.54, 1.807) is 0 Å². The van der Waals surface area contributed by atoms with Gasteiger partial charge in [0, 0.05) is 11.1 Å². The van der Waals surface area contributed by atoms with Gasteiger partial charge in [0.05, 0.1) is 12.1 Å². The van der Waals surface area contributed by atoms with Crippen molar-refractivity contribution >= 4 is 22.9 Å². The van der Waals surface area contributed by atoms with Crippen molar-refractivity contribution < 1.29 is 9.53 Å². The van der Waals surface area contributed by atoms with Crippen LogP contribution >= 0.6 is 11.3 Å². The molecule has 5 heteroatoms. The summed E-state index contributed by atoms with van der Waals surface area (Å²) in [5.74, 6) is 0.814. The average molecular weight is 381 g/mol. The van der Waals surface area contributed by atoms with Crippen LogP contribution in [0.1, 0.15) is 33.0 Å². The third kappa shape index (κ3) is 5.17. The molecule has 0 radical (unpaired) electrons. The number of ether oxygens (including phenoxy) is 1. The number of aryl methyl sites for hydroxylation is 4. The van der Waals surface area contributed by atoms with Crippen molar-refractivity contribution in [1.82, 2.24) is 4.98 Å². The zero-order valence-corrected chi connectivity index (χ0v) is 16.9. The van der Waals surface area contributed by atoms with Crippen LogP contribution in [0.15, 0.2) is 41.8 Å². The fraction of sp³-hybridized carbons (Fsp3) is 0.273. The molecule has 0 saturated carbocycles. The van der Waals surface area contributed by atoms with Gasteiger partial charge in [-0.25, -0.2) is 4.98 Å². The molecule has 0 aliphatic carbocycles. The van der Waals surface area contributed by atoms with E-state index in [0.717, 1.165) is 33.3 Å². The maximum Gasteiger partial charge on any atom is 0.230 e. The van der Waals surface area contributed by atoms with Crippen molar-refractivity contribution in [2.75, 3.05) is 5.32 Å². The molecule has 0 spiro atoms. The summed E-state index contributed by atoms with van der Waals surface area (Å²) in [6.45, 7) is 8.51. The summed E-state index contributed by atoms with van der Waals surface area (Å²) >= 11 is 1.52. The molecule has 0 fully saturated rings. The number of thiazole rings is 1.